The predicted octanol–water partition coefficient (Wildman–Crippen LogP) is 3.27. The maximum Gasteiger partial charge on any atom is 0.159 e. The van der Waals surface area contributed by atoms with Gasteiger partial charge in [0.05, 0.1) is 6.61 Å². The number of ether oxygens (including phenoxy) is 1. The van der Waals surface area contributed by atoms with E-state index in [1.54, 1.807) is 6.92 Å². The first kappa shape index (κ1) is 13.7. The molecule has 1 aliphatic heterocycles. The normalized spacial score (nSPS) is 14.5. The Hall–Kier alpha value is -1.77. The summed E-state index contributed by atoms with van der Waals surface area (Å²) >= 11 is 0. The Morgan fingerprint density at radius 3 is 2.74 bits per heavy atom. The molecule has 0 amide bonds. The number of hydrogen-bond donors (Lipinski definition) is 0. The number of nitrogens with zero attached hydrogens (tertiary/aromatic N) is 1. The van der Waals surface area contributed by atoms with E-state index < -0.39 is 0 Å². The minimum atomic E-state index is 0.0865. The molecule has 0 fully saturated rings. The van der Waals surface area contributed by atoms with E-state index in [1.807, 2.05) is 24.3 Å². The Morgan fingerprint density at radius 1 is 1.32 bits per heavy atom. The van der Waals surface area contributed by atoms with Crippen molar-refractivity contribution in [1.29, 1.82) is 0 Å². The van der Waals surface area contributed by atoms with Gasteiger partial charge in [0.2, 0.25) is 0 Å². The summed E-state index contributed by atoms with van der Waals surface area (Å²) in [5.41, 5.74) is 0.728. The highest BCUT2D eigenvalue weighted by Gasteiger charge is 2.03. The molecule has 3 heteroatoms. The smallest absolute Gasteiger partial charge is 0.159 e. The highest BCUT2D eigenvalue weighted by molar-refractivity contribution is 5.94. The Kier molecular flexibility index (Phi) is 5.01. The highest BCUT2D eigenvalue weighted by Crippen LogP contribution is 2.13. The molecule has 0 atom stereocenters. The first-order valence-electron chi connectivity index (χ1n) is 6.90. The molecule has 1 aromatic rings. The number of carbonyl (C=O) groups excluding carboxylic acids is 1. The van der Waals surface area contributed by atoms with Crippen molar-refractivity contribution in [1.82, 2.24) is 4.90 Å². The zero-order valence-corrected chi connectivity index (χ0v) is 11.5. The lowest BCUT2D eigenvalue weighted by molar-refractivity contribution is 0.101. The number of carbonyl (C=O) groups is 1. The fraction of sp³-hybridized carbons (Fsp3) is 0.438. The largest absolute Gasteiger partial charge is 0.494 e. The second kappa shape index (κ2) is 6.98. The van der Waals surface area contributed by atoms with Gasteiger partial charge in [0.15, 0.2) is 5.78 Å². The van der Waals surface area contributed by atoms with Crippen LogP contribution in [0, 0.1) is 0 Å². The van der Waals surface area contributed by atoms with Gasteiger partial charge in [-0.3, -0.25) is 4.79 Å². The third-order valence-corrected chi connectivity index (χ3v) is 3.25. The van der Waals surface area contributed by atoms with Crippen LogP contribution in [0.25, 0.3) is 0 Å². The quantitative estimate of drug-likeness (QED) is 0.580. The summed E-state index contributed by atoms with van der Waals surface area (Å²) in [5.74, 6) is 0.919. The molecule has 102 valence electrons. The van der Waals surface area contributed by atoms with Crippen LogP contribution < -0.4 is 4.74 Å². The summed E-state index contributed by atoms with van der Waals surface area (Å²) in [4.78, 5) is 13.5. The van der Waals surface area contributed by atoms with Crippen molar-refractivity contribution in [3.63, 3.8) is 0 Å². The van der Waals surface area contributed by atoms with Gasteiger partial charge in [-0.15, -0.1) is 0 Å². The molecule has 1 aromatic carbocycles. The van der Waals surface area contributed by atoms with Crippen molar-refractivity contribution in [2.45, 2.75) is 26.2 Å². The van der Waals surface area contributed by atoms with Crippen molar-refractivity contribution in [3.8, 4) is 5.75 Å². The standard InChI is InChI=1S/C16H21NO2/c1-14(18)15-6-8-16(9-7-15)19-13-5-12-17-10-3-2-4-11-17/h3,6-10H,2,4-5,11-13H2,1H3. The molecule has 0 saturated carbocycles. The summed E-state index contributed by atoms with van der Waals surface area (Å²) in [6.45, 7) is 4.48. The van der Waals surface area contributed by atoms with Gasteiger partial charge in [0.1, 0.15) is 5.75 Å². The minimum Gasteiger partial charge on any atom is -0.494 e. The van der Waals surface area contributed by atoms with E-state index in [0.29, 0.717) is 6.61 Å². The van der Waals surface area contributed by atoms with Crippen molar-refractivity contribution < 1.29 is 9.53 Å². The molecular formula is C16H21NO2. The molecule has 1 aliphatic rings. The van der Waals surface area contributed by atoms with E-state index in [2.05, 4.69) is 17.2 Å². The fourth-order valence-electron chi connectivity index (χ4n) is 2.14. The number of rotatable bonds is 6. The van der Waals surface area contributed by atoms with Crippen LogP contribution in [-0.2, 0) is 0 Å². The van der Waals surface area contributed by atoms with E-state index in [1.165, 1.54) is 12.8 Å². The predicted molar refractivity (Wildman–Crippen MR) is 76.5 cm³/mol. The van der Waals surface area contributed by atoms with Gasteiger partial charge in [-0.2, -0.15) is 0 Å². The lowest BCUT2D eigenvalue weighted by Gasteiger charge is -2.23. The number of hydrogen-bond acceptors (Lipinski definition) is 3. The number of benzene rings is 1. The second-order valence-corrected chi connectivity index (χ2v) is 4.85. The SMILES string of the molecule is CC(=O)c1ccc(OCCCN2C=CCCC2)cc1. The molecule has 1 heterocycles. The zero-order chi connectivity index (χ0) is 13.5. The molecular weight excluding hydrogens is 238 g/mol. The van der Waals surface area contributed by atoms with Crippen molar-refractivity contribution in [2.75, 3.05) is 19.7 Å². The van der Waals surface area contributed by atoms with Gasteiger partial charge in [0.25, 0.3) is 0 Å². The second-order valence-electron chi connectivity index (χ2n) is 4.85. The topological polar surface area (TPSA) is 29.5 Å². The zero-order valence-electron chi connectivity index (χ0n) is 11.5. The summed E-state index contributed by atoms with van der Waals surface area (Å²) < 4.78 is 5.67. The van der Waals surface area contributed by atoms with Crippen LogP contribution in [0.3, 0.4) is 0 Å². The van der Waals surface area contributed by atoms with Crippen LogP contribution in [0.1, 0.15) is 36.5 Å². The van der Waals surface area contributed by atoms with Crippen molar-refractivity contribution in [2.24, 2.45) is 0 Å². The Labute approximate surface area is 114 Å². The molecule has 0 saturated heterocycles. The van der Waals surface area contributed by atoms with E-state index >= 15 is 0 Å². The molecule has 3 nitrogen and oxygen atoms in total. The molecule has 0 radical (unpaired) electrons. The molecule has 2 rings (SSSR count). The molecule has 0 bridgehead atoms. The van der Waals surface area contributed by atoms with E-state index in [-0.39, 0.29) is 5.78 Å². The number of ketones is 1. The van der Waals surface area contributed by atoms with Gasteiger partial charge in [-0.25, -0.2) is 0 Å². The fourth-order valence-corrected chi connectivity index (χ4v) is 2.14. The average molecular weight is 259 g/mol. The lowest BCUT2D eigenvalue weighted by Crippen LogP contribution is -2.23. The van der Waals surface area contributed by atoms with Crippen LogP contribution >= 0.6 is 0 Å². The Morgan fingerprint density at radius 2 is 2.11 bits per heavy atom. The Bertz CT molecular complexity index is 437. The van der Waals surface area contributed by atoms with Gasteiger partial charge in [0, 0.05) is 18.7 Å². The molecule has 0 N–H and O–H groups in total. The lowest BCUT2D eigenvalue weighted by atomic mass is 10.1. The first-order chi connectivity index (χ1) is 9.25. The van der Waals surface area contributed by atoms with Crippen LogP contribution in [0.4, 0.5) is 0 Å². The van der Waals surface area contributed by atoms with E-state index in [4.69, 9.17) is 4.74 Å². The molecule has 0 spiro atoms. The van der Waals surface area contributed by atoms with E-state index in [0.717, 1.165) is 30.8 Å². The van der Waals surface area contributed by atoms with Gasteiger partial charge >= 0.3 is 0 Å². The van der Waals surface area contributed by atoms with Gasteiger partial charge in [-0.1, -0.05) is 6.08 Å². The summed E-state index contributed by atoms with van der Waals surface area (Å²) in [6, 6.07) is 7.34. The third kappa shape index (κ3) is 4.43. The summed E-state index contributed by atoms with van der Waals surface area (Å²) in [5, 5.41) is 0. The molecule has 0 aliphatic carbocycles. The van der Waals surface area contributed by atoms with E-state index in [9.17, 15) is 4.79 Å². The highest BCUT2D eigenvalue weighted by atomic mass is 16.5. The maximum absolute atomic E-state index is 11.1. The average Bonchev–Trinajstić information content (AvgIpc) is 2.45. The summed E-state index contributed by atoms with van der Waals surface area (Å²) in [6.07, 6.45) is 7.88. The third-order valence-electron chi connectivity index (χ3n) is 3.25. The molecule has 0 aromatic heterocycles. The molecule has 19 heavy (non-hydrogen) atoms. The maximum atomic E-state index is 11.1. The minimum absolute atomic E-state index is 0.0865. The van der Waals surface area contributed by atoms with Gasteiger partial charge < -0.3 is 9.64 Å². The van der Waals surface area contributed by atoms with Crippen LogP contribution in [0.15, 0.2) is 36.5 Å². The van der Waals surface area contributed by atoms with Crippen LogP contribution in [0.5, 0.6) is 5.75 Å². The summed E-state index contributed by atoms with van der Waals surface area (Å²) in [7, 11) is 0. The van der Waals surface area contributed by atoms with Crippen LogP contribution in [-0.4, -0.2) is 30.4 Å². The van der Waals surface area contributed by atoms with Crippen molar-refractivity contribution in [3.05, 3.63) is 42.1 Å². The molecule has 0 unspecified atom stereocenters. The van der Waals surface area contributed by atoms with Crippen LogP contribution in [0.2, 0.25) is 0 Å². The Balaban J connectivity index is 1.69. The number of allylic oxidation sites excluding steroid dienone is 1. The monoisotopic (exact) mass is 259 g/mol. The first-order valence-corrected chi connectivity index (χ1v) is 6.90. The van der Waals surface area contributed by atoms with Crippen molar-refractivity contribution >= 4 is 5.78 Å². The number of Topliss-reactive ketones (excluding diaryl/α,β-unsaturated/α-hetero) is 1. The van der Waals surface area contributed by atoms with Gasteiger partial charge in [-0.05, 0) is 56.7 Å².